The van der Waals surface area contributed by atoms with Gasteiger partial charge in [-0.2, -0.15) is 5.10 Å². The van der Waals surface area contributed by atoms with Crippen molar-refractivity contribution in [3.05, 3.63) is 59.4 Å². The maximum atomic E-state index is 12.7. The average Bonchev–Trinajstić information content (AvgIpc) is 3.12. The molecule has 9 nitrogen and oxygen atoms in total. The minimum absolute atomic E-state index is 0.0979. The number of anilines is 2. The molecule has 0 atom stereocenters. The minimum Gasteiger partial charge on any atom is -0.366 e. The smallest absolute Gasteiger partial charge is 0.250 e. The lowest BCUT2D eigenvalue weighted by Gasteiger charge is -2.31. The summed E-state index contributed by atoms with van der Waals surface area (Å²) in [6.45, 7) is 5.32. The Kier molecular flexibility index (Phi) is 5.66. The molecule has 31 heavy (non-hydrogen) atoms. The van der Waals surface area contributed by atoms with Gasteiger partial charge in [0.25, 0.3) is 5.91 Å². The second-order valence-corrected chi connectivity index (χ2v) is 7.75. The largest absolute Gasteiger partial charge is 0.366 e. The van der Waals surface area contributed by atoms with Crippen molar-refractivity contribution < 1.29 is 9.59 Å². The van der Waals surface area contributed by atoms with E-state index in [-0.39, 0.29) is 11.8 Å². The van der Waals surface area contributed by atoms with Gasteiger partial charge in [-0.3, -0.25) is 9.59 Å². The van der Waals surface area contributed by atoms with E-state index in [1.54, 1.807) is 28.9 Å². The van der Waals surface area contributed by atoms with Crippen LogP contribution in [0.3, 0.4) is 0 Å². The van der Waals surface area contributed by atoms with Crippen LogP contribution >= 0.6 is 0 Å². The van der Waals surface area contributed by atoms with E-state index in [2.05, 4.69) is 25.5 Å². The van der Waals surface area contributed by atoms with E-state index in [1.807, 2.05) is 32.0 Å². The van der Waals surface area contributed by atoms with Gasteiger partial charge in [-0.05, 0) is 57.0 Å². The van der Waals surface area contributed by atoms with Gasteiger partial charge in [0, 0.05) is 24.7 Å². The normalized spacial score (nSPS) is 14.5. The monoisotopic (exact) mass is 419 g/mol. The SMILES string of the molecule is Cc1cc(C)n(-c2ccc(N3CCC(C(=O)Nc4ccccc4C(N)=O)CC3)nn2)n1. The van der Waals surface area contributed by atoms with E-state index in [1.165, 1.54) is 0 Å². The molecule has 3 heterocycles. The zero-order valence-electron chi connectivity index (χ0n) is 17.6. The van der Waals surface area contributed by atoms with E-state index < -0.39 is 5.91 Å². The molecule has 4 rings (SSSR count). The minimum atomic E-state index is -0.562. The number of aromatic nitrogens is 4. The molecule has 2 aromatic heterocycles. The lowest BCUT2D eigenvalue weighted by Crippen LogP contribution is -2.38. The Hall–Kier alpha value is -3.75. The number of nitrogens with two attached hydrogens (primary N) is 1. The first-order valence-electron chi connectivity index (χ1n) is 10.2. The van der Waals surface area contributed by atoms with Crippen LogP contribution in [0, 0.1) is 19.8 Å². The van der Waals surface area contributed by atoms with Crippen molar-refractivity contribution >= 4 is 23.3 Å². The third-order valence-corrected chi connectivity index (χ3v) is 5.50. The summed E-state index contributed by atoms with van der Waals surface area (Å²) in [5, 5.41) is 16.0. The number of hydrogen-bond acceptors (Lipinski definition) is 6. The number of nitrogens with zero attached hydrogens (tertiary/aromatic N) is 5. The van der Waals surface area contributed by atoms with Gasteiger partial charge in [0.1, 0.15) is 0 Å². The molecule has 0 saturated carbocycles. The second-order valence-electron chi connectivity index (χ2n) is 7.75. The van der Waals surface area contributed by atoms with E-state index in [0.717, 1.165) is 17.2 Å². The van der Waals surface area contributed by atoms with Crippen LogP contribution < -0.4 is 16.0 Å². The molecule has 1 aromatic carbocycles. The topological polar surface area (TPSA) is 119 Å². The van der Waals surface area contributed by atoms with E-state index >= 15 is 0 Å². The lowest BCUT2D eigenvalue weighted by atomic mass is 9.95. The highest BCUT2D eigenvalue weighted by Crippen LogP contribution is 2.24. The van der Waals surface area contributed by atoms with Crippen LogP contribution in [-0.2, 0) is 4.79 Å². The number of rotatable bonds is 5. The molecule has 160 valence electrons. The number of benzene rings is 1. The number of nitrogens with one attached hydrogen (secondary N) is 1. The summed E-state index contributed by atoms with van der Waals surface area (Å²) in [7, 11) is 0. The van der Waals surface area contributed by atoms with Gasteiger partial charge in [0.2, 0.25) is 5.91 Å². The Bertz CT molecular complexity index is 1100. The van der Waals surface area contributed by atoms with Crippen molar-refractivity contribution in [3.8, 4) is 5.82 Å². The van der Waals surface area contributed by atoms with E-state index in [4.69, 9.17) is 5.73 Å². The molecule has 3 aromatic rings. The molecule has 0 spiro atoms. The third-order valence-electron chi connectivity index (χ3n) is 5.50. The summed E-state index contributed by atoms with van der Waals surface area (Å²) in [4.78, 5) is 26.4. The van der Waals surface area contributed by atoms with Crippen LogP contribution in [0.5, 0.6) is 0 Å². The van der Waals surface area contributed by atoms with Crippen LogP contribution in [0.4, 0.5) is 11.5 Å². The van der Waals surface area contributed by atoms with Gasteiger partial charge in [-0.15, -0.1) is 10.2 Å². The van der Waals surface area contributed by atoms with Crippen molar-refractivity contribution in [1.82, 2.24) is 20.0 Å². The molecule has 0 unspecified atom stereocenters. The molecule has 9 heteroatoms. The third kappa shape index (κ3) is 4.40. The number of piperidine rings is 1. The maximum absolute atomic E-state index is 12.7. The fourth-order valence-electron chi connectivity index (χ4n) is 3.87. The molecule has 0 bridgehead atoms. The number of carbonyl (C=O) groups excluding carboxylic acids is 2. The van der Waals surface area contributed by atoms with Crippen LogP contribution in [0.15, 0.2) is 42.5 Å². The highest BCUT2D eigenvalue weighted by Gasteiger charge is 2.26. The lowest BCUT2D eigenvalue weighted by molar-refractivity contribution is -0.120. The Balaban J connectivity index is 1.37. The summed E-state index contributed by atoms with van der Waals surface area (Å²) < 4.78 is 1.77. The second kappa shape index (κ2) is 8.55. The molecule has 3 N–H and O–H groups in total. The Morgan fingerprint density at radius 3 is 2.32 bits per heavy atom. The van der Waals surface area contributed by atoms with Crippen LogP contribution in [0.1, 0.15) is 34.6 Å². The van der Waals surface area contributed by atoms with Gasteiger partial charge in [-0.1, -0.05) is 12.1 Å². The highest BCUT2D eigenvalue weighted by molar-refractivity contribution is 6.03. The summed E-state index contributed by atoms with van der Waals surface area (Å²) in [5.41, 5.74) is 8.09. The van der Waals surface area contributed by atoms with E-state index in [9.17, 15) is 9.59 Å². The first-order chi connectivity index (χ1) is 14.9. The molecule has 0 aliphatic carbocycles. The van der Waals surface area contributed by atoms with Crippen molar-refractivity contribution in [2.24, 2.45) is 11.7 Å². The number of para-hydroxylation sites is 1. The first-order valence-corrected chi connectivity index (χ1v) is 10.2. The van der Waals surface area contributed by atoms with Crippen LogP contribution in [-0.4, -0.2) is 44.9 Å². The zero-order chi connectivity index (χ0) is 22.0. The van der Waals surface area contributed by atoms with Gasteiger partial charge in [0.05, 0.1) is 16.9 Å². The average molecular weight is 419 g/mol. The van der Waals surface area contributed by atoms with Crippen molar-refractivity contribution in [2.45, 2.75) is 26.7 Å². The molecular formula is C22H25N7O2. The number of carbonyl (C=O) groups is 2. The predicted octanol–water partition coefficient (Wildman–Crippen LogP) is 2.23. The number of hydrogen-bond donors (Lipinski definition) is 2. The summed E-state index contributed by atoms with van der Waals surface area (Å²) >= 11 is 0. The summed E-state index contributed by atoms with van der Waals surface area (Å²) in [6.07, 6.45) is 1.37. The predicted molar refractivity (Wildman–Crippen MR) is 117 cm³/mol. The van der Waals surface area contributed by atoms with Crippen LogP contribution in [0.25, 0.3) is 5.82 Å². The molecule has 1 saturated heterocycles. The van der Waals surface area contributed by atoms with E-state index in [0.29, 0.717) is 43.0 Å². The number of primary amides is 1. The molecule has 1 fully saturated rings. The summed E-state index contributed by atoms with van der Waals surface area (Å²) in [5.74, 6) is 0.659. The molecule has 2 amide bonds. The molecule has 1 aliphatic rings. The Morgan fingerprint density at radius 2 is 1.71 bits per heavy atom. The fraction of sp³-hybridized carbons (Fsp3) is 0.318. The first kappa shape index (κ1) is 20.5. The zero-order valence-corrected chi connectivity index (χ0v) is 17.6. The van der Waals surface area contributed by atoms with Crippen LogP contribution in [0.2, 0.25) is 0 Å². The molecule has 0 radical (unpaired) electrons. The quantitative estimate of drug-likeness (QED) is 0.655. The maximum Gasteiger partial charge on any atom is 0.250 e. The number of amides is 2. The highest BCUT2D eigenvalue weighted by atomic mass is 16.2. The standard InChI is InChI=1S/C22H25N7O2/c1-14-13-15(2)29(27-14)20-8-7-19(25-26-20)28-11-9-16(10-12-28)22(31)24-18-6-4-3-5-17(18)21(23)30/h3-8,13,16H,9-12H2,1-2H3,(H2,23,30)(H,24,31). The fourth-order valence-corrected chi connectivity index (χ4v) is 3.87. The van der Waals surface area contributed by atoms with Gasteiger partial charge < -0.3 is 16.0 Å². The van der Waals surface area contributed by atoms with Gasteiger partial charge in [-0.25, -0.2) is 4.68 Å². The summed E-state index contributed by atoms with van der Waals surface area (Å²) in [6, 6.07) is 12.6. The van der Waals surface area contributed by atoms with Crippen molar-refractivity contribution in [3.63, 3.8) is 0 Å². The molecular weight excluding hydrogens is 394 g/mol. The Labute approximate surface area is 180 Å². The molecule has 1 aliphatic heterocycles. The van der Waals surface area contributed by atoms with Gasteiger partial charge in [0.15, 0.2) is 11.6 Å². The van der Waals surface area contributed by atoms with Crippen molar-refractivity contribution in [1.29, 1.82) is 0 Å². The van der Waals surface area contributed by atoms with Crippen molar-refractivity contribution in [2.75, 3.05) is 23.3 Å². The Morgan fingerprint density at radius 1 is 1.03 bits per heavy atom. The number of aryl methyl sites for hydroxylation is 2. The van der Waals surface area contributed by atoms with Gasteiger partial charge >= 0.3 is 0 Å².